The average Bonchev–Trinajstić information content (AvgIpc) is 2.27. The number of carboxylic acid groups (broad SMARTS) is 1. The normalized spacial score (nSPS) is 11.8. The monoisotopic (exact) mass is 282 g/mol. The van der Waals surface area contributed by atoms with Crippen LogP contribution in [0.15, 0.2) is 23.1 Å². The summed E-state index contributed by atoms with van der Waals surface area (Å²) < 4.78 is 26.4. The van der Waals surface area contributed by atoms with Crippen molar-refractivity contribution >= 4 is 21.7 Å². The molecule has 19 heavy (non-hydrogen) atoms. The van der Waals surface area contributed by atoms with Crippen LogP contribution in [0.2, 0.25) is 0 Å². The fourth-order valence-corrected chi connectivity index (χ4v) is 2.80. The lowest BCUT2D eigenvalue weighted by molar-refractivity contribution is 0.0697. The summed E-state index contributed by atoms with van der Waals surface area (Å²) in [5.41, 5.74) is 4.26. The third-order valence-corrected chi connectivity index (χ3v) is 4.03. The molecule has 0 saturated heterocycles. The summed E-state index contributed by atoms with van der Waals surface area (Å²) in [6.45, 7) is 3.04. The quantitative estimate of drug-likeness (QED) is 0.555. The number of hydrogen-bond acceptors (Lipinski definition) is 4. The first-order valence-electron chi connectivity index (χ1n) is 5.23. The van der Waals surface area contributed by atoms with E-state index in [9.17, 15) is 13.2 Å². The average molecular weight is 282 g/mol. The number of nitrogens with one attached hydrogen (secondary N) is 1. The van der Waals surface area contributed by atoms with Crippen molar-refractivity contribution in [3.63, 3.8) is 0 Å². The smallest absolute Gasteiger partial charge is 0.335 e. The molecule has 102 valence electrons. The molecular formula is C12H14N2O4S. The topological polar surface area (TPSA) is 109 Å². The van der Waals surface area contributed by atoms with E-state index >= 15 is 0 Å². The van der Waals surface area contributed by atoms with Crippen LogP contribution in [-0.2, 0) is 10.0 Å². The molecule has 0 aliphatic carbocycles. The number of hydrogen-bond donors (Lipinski definition) is 3. The zero-order valence-corrected chi connectivity index (χ0v) is 11.3. The van der Waals surface area contributed by atoms with Gasteiger partial charge in [-0.25, -0.2) is 13.2 Å². The van der Waals surface area contributed by atoms with Crippen LogP contribution >= 0.6 is 0 Å². The highest BCUT2D eigenvalue weighted by molar-refractivity contribution is 7.89. The molecule has 7 heteroatoms. The summed E-state index contributed by atoms with van der Waals surface area (Å²) in [5.74, 6) is 1.10. The van der Waals surface area contributed by atoms with Crippen LogP contribution in [-0.4, -0.2) is 25.0 Å². The Balaban J connectivity index is 3.24. The predicted molar refractivity (Wildman–Crippen MR) is 71.0 cm³/mol. The lowest BCUT2D eigenvalue weighted by atomic mass is 10.1. The summed E-state index contributed by atoms with van der Waals surface area (Å²) >= 11 is 0. The summed E-state index contributed by atoms with van der Waals surface area (Å²) in [6, 6.07) is 3.38. The van der Waals surface area contributed by atoms with Gasteiger partial charge in [0.1, 0.15) is 4.90 Å². The van der Waals surface area contributed by atoms with Crippen LogP contribution in [0.1, 0.15) is 24.2 Å². The molecule has 1 aromatic rings. The molecule has 0 amide bonds. The van der Waals surface area contributed by atoms with E-state index in [0.717, 1.165) is 18.2 Å². The van der Waals surface area contributed by atoms with Gasteiger partial charge < -0.3 is 10.8 Å². The first kappa shape index (κ1) is 15.0. The Hall–Kier alpha value is -2.04. The number of nitrogens with two attached hydrogens (primary N) is 1. The number of aromatic carboxylic acids is 1. The molecule has 0 atom stereocenters. The Morgan fingerprint density at radius 1 is 1.47 bits per heavy atom. The maximum atomic E-state index is 12.1. The van der Waals surface area contributed by atoms with Crippen LogP contribution in [0.25, 0.3) is 0 Å². The van der Waals surface area contributed by atoms with Crippen molar-refractivity contribution in [2.45, 2.75) is 24.3 Å². The molecule has 0 heterocycles. The van der Waals surface area contributed by atoms with Gasteiger partial charge in [-0.3, -0.25) is 0 Å². The number of sulfonamides is 1. The number of rotatable bonds is 4. The maximum Gasteiger partial charge on any atom is 0.335 e. The summed E-state index contributed by atoms with van der Waals surface area (Å²) in [4.78, 5) is 10.5. The molecule has 0 saturated carbocycles. The van der Waals surface area contributed by atoms with E-state index in [4.69, 9.17) is 17.3 Å². The number of benzene rings is 1. The van der Waals surface area contributed by atoms with Gasteiger partial charge in [0, 0.05) is 0 Å². The van der Waals surface area contributed by atoms with E-state index in [1.54, 1.807) is 0 Å². The number of carbonyl (C=O) groups is 1. The molecule has 0 unspecified atom stereocenters. The number of terminal acetylenes is 1. The van der Waals surface area contributed by atoms with E-state index in [2.05, 4.69) is 10.6 Å². The van der Waals surface area contributed by atoms with Crippen molar-refractivity contribution in [3.8, 4) is 12.3 Å². The Morgan fingerprint density at radius 3 is 2.47 bits per heavy atom. The highest BCUT2D eigenvalue weighted by Crippen LogP contribution is 2.21. The van der Waals surface area contributed by atoms with Crippen LogP contribution in [0.5, 0.6) is 0 Å². The fraction of sp³-hybridized carbons (Fsp3) is 0.250. The van der Waals surface area contributed by atoms with E-state index in [1.807, 2.05) is 0 Å². The van der Waals surface area contributed by atoms with Gasteiger partial charge in [-0.2, -0.15) is 4.72 Å². The van der Waals surface area contributed by atoms with Gasteiger partial charge in [0.2, 0.25) is 10.0 Å². The highest BCUT2D eigenvalue weighted by atomic mass is 32.2. The van der Waals surface area contributed by atoms with Gasteiger partial charge in [-0.1, -0.05) is 5.92 Å². The molecular weight excluding hydrogens is 268 g/mol. The summed E-state index contributed by atoms with van der Waals surface area (Å²) in [5, 5.41) is 8.78. The van der Waals surface area contributed by atoms with E-state index in [-0.39, 0.29) is 16.1 Å². The molecule has 0 aliphatic heterocycles. The number of nitrogen functional groups attached to an aromatic ring is 1. The second-order valence-corrected chi connectivity index (χ2v) is 6.08. The molecule has 0 aromatic heterocycles. The fourth-order valence-electron chi connectivity index (χ4n) is 1.35. The SMILES string of the molecule is C#CC(C)(C)NS(=O)(=O)c1ccc(C(=O)O)cc1N. The molecule has 4 N–H and O–H groups in total. The largest absolute Gasteiger partial charge is 0.478 e. The zero-order chi connectivity index (χ0) is 14.8. The first-order chi connectivity index (χ1) is 8.59. The van der Waals surface area contributed by atoms with E-state index in [0.29, 0.717) is 0 Å². The van der Waals surface area contributed by atoms with Crippen LogP contribution in [0.3, 0.4) is 0 Å². The van der Waals surface area contributed by atoms with Crippen LogP contribution in [0.4, 0.5) is 5.69 Å². The van der Waals surface area contributed by atoms with Gasteiger partial charge in [0.05, 0.1) is 16.8 Å². The minimum absolute atomic E-state index is 0.0901. The summed E-state index contributed by atoms with van der Waals surface area (Å²) in [6.07, 6.45) is 5.21. The van der Waals surface area contributed by atoms with Gasteiger partial charge in [-0.15, -0.1) is 6.42 Å². The summed E-state index contributed by atoms with van der Waals surface area (Å²) in [7, 11) is -3.91. The second-order valence-electron chi connectivity index (χ2n) is 4.43. The number of carboxylic acids is 1. The standard InChI is InChI=1S/C12H14N2O4S/c1-4-12(2,3)14-19(17,18)10-6-5-8(11(15)16)7-9(10)13/h1,5-7,14H,13H2,2-3H3,(H,15,16). The lowest BCUT2D eigenvalue weighted by Gasteiger charge is -2.20. The zero-order valence-electron chi connectivity index (χ0n) is 10.5. The molecule has 1 aromatic carbocycles. The molecule has 0 bridgehead atoms. The third kappa shape index (κ3) is 3.47. The van der Waals surface area contributed by atoms with Crippen molar-refractivity contribution < 1.29 is 18.3 Å². The minimum atomic E-state index is -3.91. The molecule has 0 spiro atoms. The van der Waals surface area contributed by atoms with Crippen molar-refractivity contribution in [2.24, 2.45) is 0 Å². The van der Waals surface area contributed by atoms with Crippen molar-refractivity contribution in [1.29, 1.82) is 0 Å². The number of anilines is 1. The minimum Gasteiger partial charge on any atom is -0.478 e. The molecule has 6 nitrogen and oxygen atoms in total. The van der Waals surface area contributed by atoms with Gasteiger partial charge in [0.25, 0.3) is 0 Å². The van der Waals surface area contributed by atoms with Crippen molar-refractivity contribution in [1.82, 2.24) is 4.72 Å². The van der Waals surface area contributed by atoms with Gasteiger partial charge >= 0.3 is 5.97 Å². The van der Waals surface area contributed by atoms with E-state index in [1.165, 1.54) is 13.8 Å². The Kier molecular flexibility index (Phi) is 3.88. The lowest BCUT2D eigenvalue weighted by Crippen LogP contribution is -2.42. The highest BCUT2D eigenvalue weighted by Gasteiger charge is 2.26. The maximum absolute atomic E-state index is 12.1. The Morgan fingerprint density at radius 2 is 2.05 bits per heavy atom. The molecule has 0 fully saturated rings. The van der Waals surface area contributed by atoms with Crippen molar-refractivity contribution in [3.05, 3.63) is 23.8 Å². The van der Waals surface area contributed by atoms with Crippen LogP contribution in [0, 0.1) is 12.3 Å². The molecule has 0 aliphatic rings. The van der Waals surface area contributed by atoms with Gasteiger partial charge in [-0.05, 0) is 32.0 Å². The second kappa shape index (κ2) is 4.91. The Labute approximate surface area is 111 Å². The third-order valence-electron chi connectivity index (χ3n) is 2.30. The Bertz CT molecular complexity index is 657. The van der Waals surface area contributed by atoms with Crippen LogP contribution < -0.4 is 10.5 Å². The van der Waals surface area contributed by atoms with Gasteiger partial charge in [0.15, 0.2) is 0 Å². The molecule has 1 rings (SSSR count). The van der Waals surface area contributed by atoms with Crippen molar-refractivity contribution in [2.75, 3.05) is 5.73 Å². The van der Waals surface area contributed by atoms with E-state index < -0.39 is 21.5 Å². The predicted octanol–water partition coefficient (Wildman–Crippen LogP) is 0.657. The molecule has 0 radical (unpaired) electrons. The first-order valence-corrected chi connectivity index (χ1v) is 6.72.